The number of carbonyl (C=O) groups excluding carboxylic acids is 2. The number of halogens is 1. The first kappa shape index (κ1) is 21.5. The van der Waals surface area contributed by atoms with Gasteiger partial charge >= 0.3 is 0 Å². The van der Waals surface area contributed by atoms with Crippen molar-refractivity contribution in [3.05, 3.63) is 65.1 Å². The lowest BCUT2D eigenvalue weighted by atomic mass is 9.68. The molecular weight excluding hydrogens is 425 g/mol. The van der Waals surface area contributed by atoms with Crippen LogP contribution in [0.1, 0.15) is 34.6 Å². The molecule has 0 saturated carbocycles. The van der Waals surface area contributed by atoms with Gasteiger partial charge in [0.2, 0.25) is 5.91 Å². The number of benzene rings is 2. The fourth-order valence-electron chi connectivity index (χ4n) is 5.50. The summed E-state index contributed by atoms with van der Waals surface area (Å²) in [5.41, 5.74) is 2.77. The minimum absolute atomic E-state index is 0.00947. The Labute approximate surface area is 191 Å². The van der Waals surface area contributed by atoms with Crippen LogP contribution in [0.2, 0.25) is 0 Å². The lowest BCUT2D eigenvalue weighted by Gasteiger charge is -2.56. The van der Waals surface area contributed by atoms with Crippen molar-refractivity contribution < 1.29 is 23.8 Å². The molecule has 1 atom stereocenters. The van der Waals surface area contributed by atoms with Gasteiger partial charge in [-0.2, -0.15) is 0 Å². The Kier molecular flexibility index (Phi) is 4.93. The second-order valence-electron chi connectivity index (χ2n) is 9.00. The summed E-state index contributed by atoms with van der Waals surface area (Å²) in [6, 6.07) is 10.7. The number of hydrogen-bond donors (Lipinski definition) is 1. The van der Waals surface area contributed by atoms with E-state index in [0.717, 1.165) is 22.2 Å². The number of aliphatic hydroxyl groups is 1. The van der Waals surface area contributed by atoms with Crippen LogP contribution in [-0.4, -0.2) is 64.6 Å². The van der Waals surface area contributed by atoms with E-state index >= 15 is 0 Å². The van der Waals surface area contributed by atoms with Crippen molar-refractivity contribution in [3.8, 4) is 5.75 Å². The predicted octanol–water partition coefficient (Wildman–Crippen LogP) is 2.62. The Balaban J connectivity index is 1.69. The first-order valence-electron chi connectivity index (χ1n) is 10.9. The summed E-state index contributed by atoms with van der Waals surface area (Å²) in [6.07, 6.45) is 0. The molecule has 2 aliphatic rings. The molecule has 1 N–H and O–H groups in total. The van der Waals surface area contributed by atoms with E-state index in [2.05, 4.69) is 0 Å². The molecule has 2 aliphatic heterocycles. The lowest BCUT2D eigenvalue weighted by molar-refractivity contribution is -0.137. The quantitative estimate of drug-likeness (QED) is 0.664. The Morgan fingerprint density at radius 1 is 1.15 bits per heavy atom. The number of aromatic nitrogens is 1. The zero-order chi connectivity index (χ0) is 23.5. The third-order valence-corrected chi connectivity index (χ3v) is 7.11. The summed E-state index contributed by atoms with van der Waals surface area (Å²) in [6.45, 7) is 2.63. The molecule has 3 heterocycles. The van der Waals surface area contributed by atoms with E-state index in [1.54, 1.807) is 23.8 Å². The molecule has 0 radical (unpaired) electrons. The monoisotopic (exact) mass is 451 g/mol. The van der Waals surface area contributed by atoms with Gasteiger partial charge in [0.1, 0.15) is 11.6 Å². The minimum Gasteiger partial charge on any atom is -0.497 e. The van der Waals surface area contributed by atoms with E-state index < -0.39 is 17.3 Å². The third-order valence-electron chi connectivity index (χ3n) is 7.11. The summed E-state index contributed by atoms with van der Waals surface area (Å²) < 4.78 is 20.9. The highest BCUT2D eigenvalue weighted by atomic mass is 19.1. The summed E-state index contributed by atoms with van der Waals surface area (Å²) in [4.78, 5) is 29.0. The number of amides is 2. The van der Waals surface area contributed by atoms with Gasteiger partial charge in [-0.05, 0) is 42.0 Å². The Hall–Kier alpha value is -3.39. The van der Waals surface area contributed by atoms with Crippen LogP contribution < -0.4 is 4.74 Å². The van der Waals surface area contributed by atoms with Gasteiger partial charge in [-0.15, -0.1) is 0 Å². The number of aliphatic hydroxyl groups excluding tert-OH is 1. The van der Waals surface area contributed by atoms with Crippen molar-refractivity contribution in [2.75, 3.05) is 33.4 Å². The topological polar surface area (TPSA) is 75.0 Å². The SMILES string of the molecule is COc1ccc2c3c(n(C)c2c1)[C@H](CO)N(C(=O)c1ccc(F)cc1)CC31CN(C(C)=O)C1. The molecule has 2 amide bonds. The summed E-state index contributed by atoms with van der Waals surface area (Å²) in [7, 11) is 3.53. The number of nitrogens with zero attached hydrogens (tertiary/aromatic N) is 3. The fourth-order valence-corrected chi connectivity index (χ4v) is 5.50. The van der Waals surface area contributed by atoms with Crippen molar-refractivity contribution in [3.63, 3.8) is 0 Å². The maximum absolute atomic E-state index is 13.5. The number of carbonyl (C=O) groups is 2. The van der Waals surface area contributed by atoms with Crippen molar-refractivity contribution in [1.82, 2.24) is 14.4 Å². The average molecular weight is 451 g/mol. The molecule has 0 aliphatic carbocycles. The van der Waals surface area contributed by atoms with Crippen molar-refractivity contribution in [1.29, 1.82) is 0 Å². The maximum atomic E-state index is 13.5. The van der Waals surface area contributed by atoms with Crippen LogP contribution in [0.3, 0.4) is 0 Å². The van der Waals surface area contributed by atoms with E-state index in [1.165, 1.54) is 24.3 Å². The van der Waals surface area contributed by atoms with E-state index in [9.17, 15) is 19.1 Å². The van der Waals surface area contributed by atoms with Crippen LogP contribution in [0.15, 0.2) is 42.5 Å². The van der Waals surface area contributed by atoms with Crippen LogP contribution in [-0.2, 0) is 17.3 Å². The fraction of sp³-hybridized carbons (Fsp3) is 0.360. The number of likely N-dealkylation sites (tertiary alicyclic amines) is 1. The highest BCUT2D eigenvalue weighted by Crippen LogP contribution is 2.49. The first-order chi connectivity index (χ1) is 15.8. The van der Waals surface area contributed by atoms with Crippen LogP contribution in [0, 0.1) is 5.82 Å². The molecule has 2 aromatic carbocycles. The standard InChI is InChI=1S/C25H26FN3O4/c1-15(31)28-12-25(13-28)14-29(24(32)16-4-6-17(26)7-5-16)21(11-30)23-22(25)19-9-8-18(33-3)10-20(19)27(23)2/h4-10,21,30H,11-14H2,1-3H3/t21-/m0/s1. The molecule has 3 aromatic rings. The van der Waals surface area contributed by atoms with E-state index in [4.69, 9.17) is 4.74 Å². The van der Waals surface area contributed by atoms with Gasteiger partial charge in [0.25, 0.3) is 5.91 Å². The molecule has 0 bridgehead atoms. The van der Waals surface area contributed by atoms with Gasteiger partial charge in [0, 0.05) is 56.3 Å². The number of fused-ring (bicyclic) bond motifs is 4. The first-order valence-corrected chi connectivity index (χ1v) is 10.9. The number of methoxy groups -OCH3 is 1. The molecule has 1 aromatic heterocycles. The molecule has 5 rings (SSSR count). The molecule has 0 unspecified atom stereocenters. The van der Waals surface area contributed by atoms with Crippen LogP contribution in [0.5, 0.6) is 5.75 Å². The predicted molar refractivity (Wildman–Crippen MR) is 121 cm³/mol. The zero-order valence-corrected chi connectivity index (χ0v) is 18.8. The van der Waals surface area contributed by atoms with Gasteiger partial charge < -0.3 is 24.2 Å². The van der Waals surface area contributed by atoms with Gasteiger partial charge in [-0.1, -0.05) is 0 Å². The van der Waals surface area contributed by atoms with Gasteiger partial charge in [-0.25, -0.2) is 4.39 Å². The minimum atomic E-state index is -0.571. The number of ether oxygens (including phenoxy) is 1. The molecule has 7 nitrogen and oxygen atoms in total. The lowest BCUT2D eigenvalue weighted by Crippen LogP contribution is -2.68. The van der Waals surface area contributed by atoms with Gasteiger partial charge in [0.15, 0.2) is 0 Å². The van der Waals surface area contributed by atoms with E-state index in [1.807, 2.05) is 29.8 Å². The Morgan fingerprint density at radius 2 is 1.85 bits per heavy atom. The molecular formula is C25H26FN3O4. The smallest absolute Gasteiger partial charge is 0.254 e. The van der Waals surface area contributed by atoms with Gasteiger partial charge in [-0.3, -0.25) is 9.59 Å². The second-order valence-corrected chi connectivity index (χ2v) is 9.00. The Morgan fingerprint density at radius 3 is 2.45 bits per heavy atom. The van der Waals surface area contributed by atoms with Crippen molar-refractivity contribution >= 4 is 22.7 Å². The van der Waals surface area contributed by atoms with Crippen LogP contribution >= 0.6 is 0 Å². The van der Waals surface area contributed by atoms with E-state index in [0.29, 0.717) is 30.9 Å². The van der Waals surface area contributed by atoms with Crippen molar-refractivity contribution in [2.45, 2.75) is 18.4 Å². The Bertz CT molecular complexity index is 1260. The van der Waals surface area contributed by atoms with Crippen molar-refractivity contribution in [2.24, 2.45) is 7.05 Å². The molecule has 1 fully saturated rings. The summed E-state index contributed by atoms with van der Waals surface area (Å²) in [5.74, 6) is 0.0163. The number of aryl methyl sites for hydroxylation is 1. The molecule has 1 saturated heterocycles. The van der Waals surface area contributed by atoms with Crippen LogP contribution in [0.4, 0.5) is 4.39 Å². The highest BCUT2D eigenvalue weighted by molar-refractivity contribution is 5.96. The average Bonchev–Trinajstić information content (AvgIpc) is 3.08. The van der Waals surface area contributed by atoms with E-state index in [-0.39, 0.29) is 18.4 Å². The zero-order valence-electron chi connectivity index (χ0n) is 18.8. The van der Waals surface area contributed by atoms with Gasteiger partial charge in [0.05, 0.1) is 30.7 Å². The molecule has 8 heteroatoms. The molecule has 1 spiro atoms. The number of rotatable bonds is 3. The molecule has 172 valence electrons. The summed E-state index contributed by atoms with van der Waals surface area (Å²) >= 11 is 0. The largest absolute Gasteiger partial charge is 0.497 e. The number of hydrogen-bond acceptors (Lipinski definition) is 4. The highest BCUT2D eigenvalue weighted by Gasteiger charge is 2.55. The molecule has 33 heavy (non-hydrogen) atoms. The summed E-state index contributed by atoms with van der Waals surface area (Å²) in [5, 5.41) is 11.5. The second kappa shape index (κ2) is 7.59. The normalized spacial score (nSPS) is 18.9. The van der Waals surface area contributed by atoms with Crippen LogP contribution in [0.25, 0.3) is 10.9 Å². The maximum Gasteiger partial charge on any atom is 0.254 e. The third kappa shape index (κ3) is 3.12.